The molecule has 0 radical (unpaired) electrons. The molecule has 5 amide bonds. The quantitative estimate of drug-likeness (QED) is 0.311. The Kier molecular flexibility index (Phi) is 8.76. The minimum absolute atomic E-state index is 0.0527. The van der Waals surface area contributed by atoms with E-state index in [9.17, 15) is 29.1 Å². The number of carbonyl (C=O) groups is 5. The van der Waals surface area contributed by atoms with Crippen LogP contribution in [0.4, 0.5) is 0 Å². The van der Waals surface area contributed by atoms with Crippen LogP contribution < -0.4 is 26.6 Å². The molecule has 1 aliphatic heterocycles. The molecule has 0 aliphatic carbocycles. The third-order valence-electron chi connectivity index (χ3n) is 5.25. The highest BCUT2D eigenvalue weighted by molar-refractivity contribution is 5.95. The number of amides is 5. The molecule has 3 rings (SSSR count). The van der Waals surface area contributed by atoms with Gasteiger partial charge in [0.25, 0.3) is 0 Å². The van der Waals surface area contributed by atoms with Crippen molar-refractivity contribution in [3.63, 3.8) is 0 Å². The maximum Gasteiger partial charge on any atom is 0.243 e. The molecule has 1 heterocycles. The van der Waals surface area contributed by atoms with Gasteiger partial charge in [-0.1, -0.05) is 42.5 Å². The average Bonchev–Trinajstić information content (AvgIpc) is 2.85. The van der Waals surface area contributed by atoms with Gasteiger partial charge in [-0.15, -0.1) is 0 Å². The molecule has 11 nitrogen and oxygen atoms in total. The molecule has 1 fully saturated rings. The van der Waals surface area contributed by atoms with Gasteiger partial charge in [-0.2, -0.15) is 0 Å². The number of rotatable bonds is 4. The molecule has 2 atom stereocenters. The molecule has 0 aromatic heterocycles. The first-order valence-corrected chi connectivity index (χ1v) is 11.0. The zero-order valence-corrected chi connectivity index (χ0v) is 18.9. The van der Waals surface area contributed by atoms with Gasteiger partial charge in [0.05, 0.1) is 19.6 Å². The molecule has 1 aliphatic rings. The van der Waals surface area contributed by atoms with Crippen LogP contribution in [0.1, 0.15) is 11.1 Å². The minimum Gasteiger partial charge on any atom is -0.508 e. The number of aromatic hydroxyl groups is 1. The summed E-state index contributed by atoms with van der Waals surface area (Å²) in [5.41, 5.74) is 1.45. The lowest BCUT2D eigenvalue weighted by Crippen LogP contribution is -2.53. The second-order valence-corrected chi connectivity index (χ2v) is 8.01. The molecular weight excluding hydrogens is 454 g/mol. The van der Waals surface area contributed by atoms with Crippen molar-refractivity contribution in [3.05, 3.63) is 65.7 Å². The van der Waals surface area contributed by atoms with Crippen LogP contribution in [0.25, 0.3) is 0 Å². The molecule has 11 heteroatoms. The molecule has 1 saturated heterocycles. The van der Waals surface area contributed by atoms with E-state index in [0.717, 1.165) is 5.56 Å². The Balaban J connectivity index is 1.75. The average molecular weight is 482 g/mol. The summed E-state index contributed by atoms with van der Waals surface area (Å²) in [6.45, 7) is -1.21. The van der Waals surface area contributed by atoms with Gasteiger partial charge in [0.1, 0.15) is 17.8 Å². The Bertz CT molecular complexity index is 1070. The van der Waals surface area contributed by atoms with E-state index in [-0.39, 0.29) is 25.1 Å². The summed E-state index contributed by atoms with van der Waals surface area (Å²) in [7, 11) is 0. The molecule has 0 spiro atoms. The monoisotopic (exact) mass is 481 g/mol. The van der Waals surface area contributed by atoms with Crippen LogP contribution in [0, 0.1) is 0 Å². The molecule has 184 valence electrons. The first-order valence-electron chi connectivity index (χ1n) is 11.0. The predicted octanol–water partition coefficient (Wildman–Crippen LogP) is -1.49. The summed E-state index contributed by atoms with van der Waals surface area (Å²) in [6.07, 6.45) is 0.265. The smallest absolute Gasteiger partial charge is 0.243 e. The fourth-order valence-corrected chi connectivity index (χ4v) is 3.45. The van der Waals surface area contributed by atoms with Crippen molar-refractivity contribution in [3.8, 4) is 5.75 Å². The molecule has 2 aromatic rings. The predicted molar refractivity (Wildman–Crippen MR) is 125 cm³/mol. The SMILES string of the molecule is O=C1CNC(=O)[C@@H](Cc2ccccc2)NC(=O)CNC(=O)[C@@H](Cc2ccc(O)cc2)NC(=O)CN1. The van der Waals surface area contributed by atoms with Crippen LogP contribution in [-0.2, 0) is 36.8 Å². The van der Waals surface area contributed by atoms with Gasteiger partial charge >= 0.3 is 0 Å². The van der Waals surface area contributed by atoms with Crippen LogP contribution >= 0.6 is 0 Å². The Hall–Kier alpha value is -4.41. The van der Waals surface area contributed by atoms with Gasteiger partial charge in [-0.25, -0.2) is 0 Å². The summed E-state index contributed by atoms with van der Waals surface area (Å²) >= 11 is 0. The van der Waals surface area contributed by atoms with Crippen molar-refractivity contribution in [2.75, 3.05) is 19.6 Å². The summed E-state index contributed by atoms with van der Waals surface area (Å²) in [4.78, 5) is 62.5. The molecule has 35 heavy (non-hydrogen) atoms. The highest BCUT2D eigenvalue weighted by Gasteiger charge is 2.25. The fraction of sp³-hybridized carbons (Fsp3) is 0.292. The normalized spacial score (nSPS) is 20.3. The molecule has 6 N–H and O–H groups in total. The lowest BCUT2D eigenvalue weighted by atomic mass is 10.0. The van der Waals surface area contributed by atoms with Gasteiger partial charge in [0.2, 0.25) is 29.5 Å². The minimum atomic E-state index is -1.04. The third kappa shape index (κ3) is 8.14. The van der Waals surface area contributed by atoms with Crippen molar-refractivity contribution in [2.24, 2.45) is 0 Å². The molecular formula is C24H27N5O6. The number of benzene rings is 2. The summed E-state index contributed by atoms with van der Waals surface area (Å²) in [5.74, 6) is -2.97. The van der Waals surface area contributed by atoms with Crippen molar-refractivity contribution in [2.45, 2.75) is 24.9 Å². The largest absolute Gasteiger partial charge is 0.508 e. The Labute approximate surface area is 201 Å². The van der Waals surface area contributed by atoms with Crippen molar-refractivity contribution >= 4 is 29.5 Å². The van der Waals surface area contributed by atoms with Crippen LogP contribution in [0.3, 0.4) is 0 Å². The highest BCUT2D eigenvalue weighted by atomic mass is 16.3. The second-order valence-electron chi connectivity index (χ2n) is 8.01. The van der Waals surface area contributed by atoms with Gasteiger partial charge in [0.15, 0.2) is 0 Å². The Morgan fingerprint density at radius 3 is 1.60 bits per heavy atom. The first kappa shape index (κ1) is 25.2. The maximum atomic E-state index is 12.8. The van der Waals surface area contributed by atoms with Crippen LogP contribution in [0.15, 0.2) is 54.6 Å². The van der Waals surface area contributed by atoms with E-state index < -0.39 is 54.7 Å². The topological polar surface area (TPSA) is 166 Å². The number of phenolic OH excluding ortho intramolecular Hbond substituents is 1. The molecule has 0 unspecified atom stereocenters. The van der Waals surface area contributed by atoms with Gasteiger partial charge in [-0.05, 0) is 23.3 Å². The number of hydrogen-bond acceptors (Lipinski definition) is 6. The van der Waals surface area contributed by atoms with Gasteiger partial charge < -0.3 is 31.7 Å². The van der Waals surface area contributed by atoms with Crippen LogP contribution in [0.2, 0.25) is 0 Å². The zero-order valence-electron chi connectivity index (χ0n) is 18.9. The van der Waals surface area contributed by atoms with Crippen molar-refractivity contribution in [1.29, 1.82) is 0 Å². The van der Waals surface area contributed by atoms with E-state index in [1.807, 2.05) is 6.07 Å². The molecule has 0 saturated carbocycles. The Morgan fingerprint density at radius 1 is 0.600 bits per heavy atom. The maximum absolute atomic E-state index is 12.8. The van der Waals surface area contributed by atoms with Gasteiger partial charge in [0, 0.05) is 12.8 Å². The Morgan fingerprint density at radius 2 is 1.06 bits per heavy atom. The van der Waals surface area contributed by atoms with E-state index in [2.05, 4.69) is 26.6 Å². The number of nitrogens with one attached hydrogen (secondary N) is 5. The van der Waals surface area contributed by atoms with E-state index in [0.29, 0.717) is 5.56 Å². The van der Waals surface area contributed by atoms with Crippen molar-refractivity contribution in [1.82, 2.24) is 26.6 Å². The van der Waals surface area contributed by atoms with E-state index in [4.69, 9.17) is 0 Å². The van der Waals surface area contributed by atoms with Gasteiger partial charge in [-0.3, -0.25) is 24.0 Å². The zero-order chi connectivity index (χ0) is 25.2. The fourth-order valence-electron chi connectivity index (χ4n) is 3.45. The van der Waals surface area contributed by atoms with E-state index >= 15 is 0 Å². The summed E-state index contributed by atoms with van der Waals surface area (Å²) in [5, 5.41) is 21.9. The number of phenols is 1. The van der Waals surface area contributed by atoms with E-state index in [1.165, 1.54) is 12.1 Å². The van der Waals surface area contributed by atoms with Crippen LogP contribution in [0.5, 0.6) is 5.75 Å². The first-order chi connectivity index (χ1) is 16.8. The summed E-state index contributed by atoms with van der Waals surface area (Å²) < 4.78 is 0. The molecule has 0 bridgehead atoms. The summed E-state index contributed by atoms with van der Waals surface area (Å²) in [6, 6.07) is 13.1. The second kappa shape index (κ2) is 12.2. The van der Waals surface area contributed by atoms with Crippen LogP contribution in [-0.4, -0.2) is 66.4 Å². The number of carbonyl (C=O) groups excluding carboxylic acids is 5. The molecule has 2 aromatic carbocycles. The van der Waals surface area contributed by atoms with Crippen molar-refractivity contribution < 1.29 is 29.1 Å². The standard InChI is InChI=1S/C24H27N5O6/c30-17-8-6-16(7-9-17)11-19-24(35)27-14-22(33)29-18(10-15-4-2-1-3-5-15)23(34)26-12-20(31)25-13-21(32)28-19/h1-9,18-19,30H,10-14H2,(H,25,31)(H,26,34)(H,27,35)(H,28,32)(H,29,33)/t18-,19-/m1/s1. The van der Waals surface area contributed by atoms with E-state index in [1.54, 1.807) is 36.4 Å². The number of hydrogen-bond donors (Lipinski definition) is 6. The highest BCUT2D eigenvalue weighted by Crippen LogP contribution is 2.11. The lowest BCUT2D eigenvalue weighted by molar-refractivity contribution is -0.131. The lowest BCUT2D eigenvalue weighted by Gasteiger charge is -2.20. The third-order valence-corrected chi connectivity index (χ3v) is 5.25.